The maximum absolute atomic E-state index is 12.3. The SMILES string of the molecule is NC(=O)c1ccc(N2CCCC2)c(NC(=O)c2cccnn2)c1. The van der Waals surface area contributed by atoms with Crippen molar-refractivity contribution in [1.82, 2.24) is 10.2 Å². The molecule has 3 N–H and O–H groups in total. The molecule has 0 radical (unpaired) electrons. The summed E-state index contributed by atoms with van der Waals surface area (Å²) >= 11 is 0. The summed E-state index contributed by atoms with van der Waals surface area (Å²) in [4.78, 5) is 25.9. The van der Waals surface area contributed by atoms with Crippen molar-refractivity contribution in [1.29, 1.82) is 0 Å². The van der Waals surface area contributed by atoms with Crippen molar-refractivity contribution in [2.45, 2.75) is 12.8 Å². The Bertz CT molecular complexity index is 727. The van der Waals surface area contributed by atoms with Gasteiger partial charge in [0.25, 0.3) is 5.91 Å². The van der Waals surface area contributed by atoms with Crippen LogP contribution in [0.15, 0.2) is 36.5 Å². The van der Waals surface area contributed by atoms with E-state index >= 15 is 0 Å². The monoisotopic (exact) mass is 311 g/mol. The van der Waals surface area contributed by atoms with Crippen LogP contribution in [0.4, 0.5) is 11.4 Å². The summed E-state index contributed by atoms with van der Waals surface area (Å²) in [6.07, 6.45) is 3.71. The summed E-state index contributed by atoms with van der Waals surface area (Å²) in [5.41, 5.74) is 7.34. The highest BCUT2D eigenvalue weighted by atomic mass is 16.2. The fourth-order valence-corrected chi connectivity index (χ4v) is 2.63. The van der Waals surface area contributed by atoms with Crippen LogP contribution in [0.2, 0.25) is 0 Å². The number of carbonyl (C=O) groups excluding carboxylic acids is 2. The number of hydrogen-bond donors (Lipinski definition) is 2. The molecular weight excluding hydrogens is 294 g/mol. The molecule has 1 aliphatic rings. The average molecular weight is 311 g/mol. The van der Waals surface area contributed by atoms with Crippen LogP contribution in [-0.2, 0) is 0 Å². The Morgan fingerprint density at radius 1 is 1.17 bits per heavy atom. The average Bonchev–Trinajstić information content (AvgIpc) is 3.09. The first-order valence-electron chi connectivity index (χ1n) is 7.43. The largest absolute Gasteiger partial charge is 0.370 e. The van der Waals surface area contributed by atoms with E-state index < -0.39 is 5.91 Å². The first kappa shape index (κ1) is 15.0. The molecule has 1 aromatic heterocycles. The number of amides is 2. The van der Waals surface area contributed by atoms with E-state index in [1.165, 1.54) is 6.20 Å². The van der Waals surface area contributed by atoms with E-state index in [-0.39, 0.29) is 11.6 Å². The number of anilines is 2. The summed E-state index contributed by atoms with van der Waals surface area (Å²) in [6, 6.07) is 8.31. The van der Waals surface area contributed by atoms with Gasteiger partial charge >= 0.3 is 0 Å². The van der Waals surface area contributed by atoms with E-state index in [0.717, 1.165) is 31.6 Å². The molecule has 2 aromatic rings. The van der Waals surface area contributed by atoms with Crippen molar-refractivity contribution < 1.29 is 9.59 Å². The third-order valence-corrected chi connectivity index (χ3v) is 3.78. The second kappa shape index (κ2) is 6.43. The lowest BCUT2D eigenvalue weighted by Crippen LogP contribution is -2.22. The van der Waals surface area contributed by atoms with Gasteiger partial charge in [-0.05, 0) is 43.2 Å². The second-order valence-corrected chi connectivity index (χ2v) is 5.35. The van der Waals surface area contributed by atoms with Crippen LogP contribution in [-0.4, -0.2) is 35.1 Å². The predicted molar refractivity (Wildman–Crippen MR) is 86.4 cm³/mol. The molecule has 2 heterocycles. The zero-order valence-corrected chi connectivity index (χ0v) is 12.5. The van der Waals surface area contributed by atoms with Gasteiger partial charge in [0.05, 0.1) is 11.4 Å². The standard InChI is InChI=1S/C16H17N5O2/c17-15(22)11-5-6-14(21-8-1-2-9-21)13(10-11)19-16(23)12-4-3-7-18-20-12/h3-7,10H,1-2,8-9H2,(H2,17,22)(H,19,23). The first-order chi connectivity index (χ1) is 11.1. The Balaban J connectivity index is 1.92. The molecule has 1 saturated heterocycles. The highest BCUT2D eigenvalue weighted by Crippen LogP contribution is 2.30. The van der Waals surface area contributed by atoms with E-state index in [1.807, 2.05) is 6.07 Å². The summed E-state index contributed by atoms with van der Waals surface area (Å²) in [6.45, 7) is 1.84. The van der Waals surface area contributed by atoms with Gasteiger partial charge in [0.2, 0.25) is 5.91 Å². The lowest BCUT2D eigenvalue weighted by atomic mass is 10.1. The Hall–Kier alpha value is -2.96. The van der Waals surface area contributed by atoms with E-state index in [0.29, 0.717) is 11.3 Å². The number of aromatic nitrogens is 2. The summed E-state index contributed by atoms with van der Waals surface area (Å²) in [7, 11) is 0. The smallest absolute Gasteiger partial charge is 0.276 e. The van der Waals surface area contributed by atoms with Crippen LogP contribution in [0, 0.1) is 0 Å². The third kappa shape index (κ3) is 3.28. The molecule has 1 aliphatic heterocycles. The minimum Gasteiger partial charge on any atom is -0.370 e. The van der Waals surface area contributed by atoms with Crippen molar-refractivity contribution in [3.05, 3.63) is 47.8 Å². The van der Waals surface area contributed by atoms with Crippen molar-refractivity contribution in [2.24, 2.45) is 5.73 Å². The number of primary amides is 1. The van der Waals surface area contributed by atoms with Gasteiger partial charge in [-0.15, -0.1) is 5.10 Å². The quantitative estimate of drug-likeness (QED) is 0.889. The molecule has 0 aliphatic carbocycles. The molecule has 0 saturated carbocycles. The van der Waals surface area contributed by atoms with Crippen LogP contribution in [0.25, 0.3) is 0 Å². The number of nitrogens with one attached hydrogen (secondary N) is 1. The van der Waals surface area contributed by atoms with Gasteiger partial charge in [0, 0.05) is 24.8 Å². The topological polar surface area (TPSA) is 101 Å². The van der Waals surface area contributed by atoms with Gasteiger partial charge in [-0.3, -0.25) is 9.59 Å². The maximum atomic E-state index is 12.3. The molecule has 3 rings (SSSR count). The first-order valence-corrected chi connectivity index (χ1v) is 7.43. The number of nitrogens with zero attached hydrogens (tertiary/aromatic N) is 3. The zero-order valence-electron chi connectivity index (χ0n) is 12.5. The van der Waals surface area contributed by atoms with Crippen LogP contribution in [0.5, 0.6) is 0 Å². The molecular formula is C16H17N5O2. The maximum Gasteiger partial charge on any atom is 0.276 e. The van der Waals surface area contributed by atoms with Gasteiger partial charge in [-0.2, -0.15) is 5.10 Å². The minimum absolute atomic E-state index is 0.212. The molecule has 0 bridgehead atoms. The summed E-state index contributed by atoms with van der Waals surface area (Å²) in [5, 5.41) is 10.3. The van der Waals surface area contributed by atoms with Gasteiger partial charge in [-0.25, -0.2) is 0 Å². The van der Waals surface area contributed by atoms with E-state index in [2.05, 4.69) is 20.4 Å². The second-order valence-electron chi connectivity index (χ2n) is 5.35. The number of benzene rings is 1. The molecule has 7 heteroatoms. The van der Waals surface area contributed by atoms with Crippen molar-refractivity contribution in [3.8, 4) is 0 Å². The number of carbonyl (C=O) groups is 2. The van der Waals surface area contributed by atoms with Crippen LogP contribution < -0.4 is 16.0 Å². The van der Waals surface area contributed by atoms with Crippen LogP contribution in [0.1, 0.15) is 33.7 Å². The lowest BCUT2D eigenvalue weighted by molar-refractivity contribution is 0.0995. The Labute approximate surface area is 133 Å². The fraction of sp³-hybridized carbons (Fsp3) is 0.250. The molecule has 0 unspecified atom stereocenters. The fourth-order valence-electron chi connectivity index (χ4n) is 2.63. The molecule has 0 spiro atoms. The Morgan fingerprint density at radius 2 is 1.96 bits per heavy atom. The Morgan fingerprint density at radius 3 is 2.61 bits per heavy atom. The molecule has 1 aromatic carbocycles. The number of nitrogens with two attached hydrogens (primary N) is 1. The lowest BCUT2D eigenvalue weighted by Gasteiger charge is -2.22. The van der Waals surface area contributed by atoms with Crippen molar-refractivity contribution in [3.63, 3.8) is 0 Å². The molecule has 7 nitrogen and oxygen atoms in total. The van der Waals surface area contributed by atoms with Gasteiger partial charge in [0.1, 0.15) is 0 Å². The van der Waals surface area contributed by atoms with Gasteiger partial charge < -0.3 is 16.0 Å². The molecule has 0 atom stereocenters. The van der Waals surface area contributed by atoms with E-state index in [4.69, 9.17) is 5.73 Å². The predicted octanol–water partition coefficient (Wildman–Crippen LogP) is 1.43. The van der Waals surface area contributed by atoms with Crippen LogP contribution in [0.3, 0.4) is 0 Å². The molecule has 1 fully saturated rings. The van der Waals surface area contributed by atoms with Gasteiger partial charge in [-0.1, -0.05) is 0 Å². The zero-order chi connectivity index (χ0) is 16.2. The number of rotatable bonds is 4. The molecule has 2 amide bonds. The summed E-state index contributed by atoms with van der Waals surface area (Å²) < 4.78 is 0. The van der Waals surface area contributed by atoms with Crippen molar-refractivity contribution in [2.75, 3.05) is 23.3 Å². The van der Waals surface area contributed by atoms with Gasteiger partial charge in [0.15, 0.2) is 5.69 Å². The normalized spacial score (nSPS) is 13.8. The summed E-state index contributed by atoms with van der Waals surface area (Å²) in [5.74, 6) is -0.909. The highest BCUT2D eigenvalue weighted by Gasteiger charge is 2.19. The molecule has 118 valence electrons. The van der Waals surface area contributed by atoms with Crippen molar-refractivity contribution >= 4 is 23.2 Å². The Kier molecular flexibility index (Phi) is 4.18. The number of hydrogen-bond acceptors (Lipinski definition) is 5. The van der Waals surface area contributed by atoms with E-state index in [9.17, 15) is 9.59 Å². The van der Waals surface area contributed by atoms with Crippen LogP contribution >= 0.6 is 0 Å². The third-order valence-electron chi connectivity index (χ3n) is 3.78. The molecule has 23 heavy (non-hydrogen) atoms. The van der Waals surface area contributed by atoms with E-state index in [1.54, 1.807) is 24.3 Å². The highest BCUT2D eigenvalue weighted by molar-refractivity contribution is 6.05. The minimum atomic E-state index is -0.534.